The fraction of sp³-hybridized carbons (Fsp3) is 0.211. The molecule has 1 atom stereocenters. The molecule has 0 N–H and O–H groups in total. The van der Waals surface area contributed by atoms with Crippen molar-refractivity contribution in [1.82, 2.24) is 4.98 Å². The van der Waals surface area contributed by atoms with Crippen LogP contribution in [0.1, 0.15) is 6.42 Å². The van der Waals surface area contributed by atoms with Crippen LogP contribution in [0.4, 0.5) is 5.69 Å². The maximum absolute atomic E-state index is 12.2. The van der Waals surface area contributed by atoms with E-state index in [1.165, 1.54) is 0 Å². The molecule has 0 spiro atoms. The van der Waals surface area contributed by atoms with Crippen LogP contribution in [-0.2, 0) is 9.59 Å². The van der Waals surface area contributed by atoms with E-state index in [-0.39, 0.29) is 18.9 Å². The van der Waals surface area contributed by atoms with Crippen molar-refractivity contribution in [2.75, 3.05) is 18.6 Å². The zero-order valence-electron chi connectivity index (χ0n) is 13.9. The van der Waals surface area contributed by atoms with E-state index in [2.05, 4.69) is 4.98 Å². The van der Waals surface area contributed by atoms with Crippen molar-refractivity contribution < 1.29 is 18.7 Å². The van der Waals surface area contributed by atoms with Crippen LogP contribution in [-0.4, -0.2) is 29.8 Å². The molecule has 0 radical (unpaired) electrons. The Morgan fingerprint density at radius 3 is 2.69 bits per heavy atom. The highest BCUT2D eigenvalue weighted by Gasteiger charge is 2.34. The lowest BCUT2D eigenvalue weighted by atomic mass is 10.1. The van der Waals surface area contributed by atoms with Gasteiger partial charge in [0.15, 0.2) is 5.58 Å². The van der Waals surface area contributed by atoms with Crippen molar-refractivity contribution in [2.45, 2.75) is 6.42 Å². The molecule has 4 rings (SSSR count). The molecule has 0 aliphatic carbocycles. The van der Waals surface area contributed by atoms with Gasteiger partial charge in [0.25, 0.3) is 0 Å². The molecule has 1 aliphatic heterocycles. The summed E-state index contributed by atoms with van der Waals surface area (Å²) in [7, 11) is 1.61. The van der Waals surface area contributed by atoms with E-state index in [1.54, 1.807) is 30.2 Å². The van der Waals surface area contributed by atoms with E-state index < -0.39 is 11.2 Å². The Balaban J connectivity index is 1.65. The molecular formula is C19H15ClN2O4. The van der Waals surface area contributed by atoms with Gasteiger partial charge >= 0.3 is 0 Å². The van der Waals surface area contributed by atoms with E-state index in [0.717, 1.165) is 11.3 Å². The molecule has 1 aliphatic rings. The molecule has 0 unspecified atom stereocenters. The average Bonchev–Trinajstić information content (AvgIpc) is 3.24. The van der Waals surface area contributed by atoms with Crippen LogP contribution in [0.5, 0.6) is 5.75 Å². The highest BCUT2D eigenvalue weighted by molar-refractivity contribution is 6.64. The predicted molar refractivity (Wildman–Crippen MR) is 97.3 cm³/mol. The summed E-state index contributed by atoms with van der Waals surface area (Å²) in [4.78, 5) is 29.6. The summed E-state index contributed by atoms with van der Waals surface area (Å²) >= 11 is 5.54. The molecule has 0 saturated carbocycles. The number of methoxy groups -OCH3 is 1. The number of oxazole rings is 1. The number of hydrogen-bond donors (Lipinski definition) is 0. The van der Waals surface area contributed by atoms with Gasteiger partial charge in [-0.1, -0.05) is 0 Å². The zero-order chi connectivity index (χ0) is 18.3. The van der Waals surface area contributed by atoms with Gasteiger partial charge in [-0.15, -0.1) is 0 Å². The molecule has 26 heavy (non-hydrogen) atoms. The quantitative estimate of drug-likeness (QED) is 0.656. The third-order valence-electron chi connectivity index (χ3n) is 4.47. The number of benzene rings is 2. The fourth-order valence-electron chi connectivity index (χ4n) is 3.05. The Labute approximate surface area is 154 Å². The number of halogens is 1. The summed E-state index contributed by atoms with van der Waals surface area (Å²) in [5.74, 6) is 0.652. The van der Waals surface area contributed by atoms with Gasteiger partial charge in [-0.2, -0.15) is 0 Å². The number of anilines is 1. The van der Waals surface area contributed by atoms with Gasteiger partial charge in [-0.25, -0.2) is 4.98 Å². The molecule has 1 saturated heterocycles. The number of amides is 1. The fourth-order valence-corrected chi connectivity index (χ4v) is 3.20. The molecule has 1 fully saturated rings. The monoisotopic (exact) mass is 370 g/mol. The van der Waals surface area contributed by atoms with Gasteiger partial charge in [-0.05, 0) is 54.1 Å². The minimum Gasteiger partial charge on any atom is -0.497 e. The van der Waals surface area contributed by atoms with Gasteiger partial charge < -0.3 is 14.1 Å². The van der Waals surface area contributed by atoms with E-state index in [4.69, 9.17) is 20.8 Å². The Morgan fingerprint density at radius 2 is 2.04 bits per heavy atom. The van der Waals surface area contributed by atoms with Gasteiger partial charge in [0.05, 0.1) is 13.0 Å². The second-order valence-corrected chi connectivity index (χ2v) is 6.48. The summed E-state index contributed by atoms with van der Waals surface area (Å²) in [5, 5.41) is -0.481. The Morgan fingerprint density at radius 1 is 1.27 bits per heavy atom. The molecule has 1 aromatic heterocycles. The van der Waals surface area contributed by atoms with E-state index in [0.29, 0.717) is 22.7 Å². The summed E-state index contributed by atoms with van der Waals surface area (Å²) in [6.45, 7) is 0.288. The maximum Gasteiger partial charge on any atom is 0.227 e. The van der Waals surface area contributed by atoms with E-state index >= 15 is 0 Å². The lowest BCUT2D eigenvalue weighted by Gasteiger charge is -2.15. The molecule has 132 valence electrons. The van der Waals surface area contributed by atoms with Crippen LogP contribution in [0.15, 0.2) is 46.9 Å². The Hall–Kier alpha value is -2.86. The Bertz CT molecular complexity index is 996. The molecular weight excluding hydrogens is 356 g/mol. The smallest absolute Gasteiger partial charge is 0.227 e. The predicted octanol–water partition coefficient (Wildman–Crippen LogP) is 3.62. The number of hydrogen-bond acceptors (Lipinski definition) is 5. The summed E-state index contributed by atoms with van der Waals surface area (Å²) in [5.41, 5.74) is 2.77. The average molecular weight is 371 g/mol. The maximum atomic E-state index is 12.2. The van der Waals surface area contributed by atoms with Crippen LogP contribution in [0, 0.1) is 5.92 Å². The second-order valence-electron chi connectivity index (χ2n) is 6.11. The number of nitrogens with zero attached hydrogens (tertiary/aromatic N) is 2. The first-order valence-electron chi connectivity index (χ1n) is 8.10. The number of aromatic nitrogens is 1. The lowest BCUT2D eigenvalue weighted by Crippen LogP contribution is -2.25. The first-order chi connectivity index (χ1) is 12.5. The van der Waals surface area contributed by atoms with Crippen molar-refractivity contribution in [3.8, 4) is 17.2 Å². The third kappa shape index (κ3) is 2.93. The number of carbonyl (C=O) groups excluding carboxylic acids is 2. The summed E-state index contributed by atoms with van der Waals surface area (Å²) in [6.07, 6.45) is 0.135. The van der Waals surface area contributed by atoms with Crippen LogP contribution < -0.4 is 9.64 Å². The standard InChI is InChI=1S/C19H15ClN2O4/c1-25-14-5-2-11(3-6-14)19-21-15-9-13(4-7-16(15)26-19)22-10-12(18(20)24)8-17(22)23/h2-7,9,12H,8,10H2,1H3/t12-/m0/s1. The van der Waals surface area contributed by atoms with Crippen molar-refractivity contribution in [3.05, 3.63) is 42.5 Å². The summed E-state index contributed by atoms with van der Waals surface area (Å²) < 4.78 is 11.0. The molecule has 0 bridgehead atoms. The van der Waals surface area contributed by atoms with Crippen molar-refractivity contribution >= 4 is 39.5 Å². The highest BCUT2D eigenvalue weighted by Crippen LogP contribution is 2.31. The largest absolute Gasteiger partial charge is 0.497 e. The lowest BCUT2D eigenvalue weighted by molar-refractivity contribution is -0.120. The SMILES string of the molecule is COc1ccc(-c2nc3cc(N4C[C@@H](C(=O)Cl)CC4=O)ccc3o2)cc1. The van der Waals surface area contributed by atoms with Gasteiger partial charge in [-0.3, -0.25) is 9.59 Å². The zero-order valence-corrected chi connectivity index (χ0v) is 14.7. The third-order valence-corrected chi connectivity index (χ3v) is 4.77. The van der Waals surface area contributed by atoms with Crippen molar-refractivity contribution in [2.24, 2.45) is 5.92 Å². The van der Waals surface area contributed by atoms with Crippen LogP contribution in [0.2, 0.25) is 0 Å². The molecule has 1 amide bonds. The molecule has 2 heterocycles. The number of fused-ring (bicyclic) bond motifs is 1. The van der Waals surface area contributed by atoms with Crippen molar-refractivity contribution in [3.63, 3.8) is 0 Å². The topological polar surface area (TPSA) is 72.6 Å². The highest BCUT2D eigenvalue weighted by atomic mass is 35.5. The molecule has 3 aromatic rings. The minimum absolute atomic E-state index is 0.123. The summed E-state index contributed by atoms with van der Waals surface area (Å²) in [6, 6.07) is 12.7. The van der Waals surface area contributed by atoms with Crippen LogP contribution >= 0.6 is 11.6 Å². The van der Waals surface area contributed by atoms with Crippen molar-refractivity contribution in [1.29, 1.82) is 0 Å². The molecule has 2 aromatic carbocycles. The van der Waals surface area contributed by atoms with E-state index in [1.807, 2.05) is 24.3 Å². The normalized spacial score (nSPS) is 17.1. The molecule has 6 nitrogen and oxygen atoms in total. The second kappa shape index (κ2) is 6.46. The van der Waals surface area contributed by atoms with Crippen LogP contribution in [0.25, 0.3) is 22.6 Å². The number of ether oxygens (including phenoxy) is 1. The van der Waals surface area contributed by atoms with Gasteiger partial charge in [0.1, 0.15) is 11.3 Å². The van der Waals surface area contributed by atoms with Crippen LogP contribution in [0.3, 0.4) is 0 Å². The number of carbonyl (C=O) groups is 2. The minimum atomic E-state index is -0.481. The number of rotatable bonds is 4. The first-order valence-corrected chi connectivity index (χ1v) is 8.47. The molecule has 7 heteroatoms. The first kappa shape index (κ1) is 16.6. The van der Waals surface area contributed by atoms with Gasteiger partial charge in [0, 0.05) is 24.2 Å². The Kier molecular flexibility index (Phi) is 4.12. The van der Waals surface area contributed by atoms with E-state index in [9.17, 15) is 9.59 Å². The van der Waals surface area contributed by atoms with Gasteiger partial charge in [0.2, 0.25) is 17.0 Å².